The Morgan fingerprint density at radius 2 is 2.00 bits per heavy atom. The van der Waals surface area contributed by atoms with E-state index in [2.05, 4.69) is 10.3 Å². The molecule has 5 nitrogen and oxygen atoms in total. The summed E-state index contributed by atoms with van der Waals surface area (Å²) in [5, 5.41) is 5.65. The number of carbonyl (C=O) groups is 2. The average Bonchev–Trinajstić information content (AvgIpc) is 3.16. The van der Waals surface area contributed by atoms with Gasteiger partial charge in [0.25, 0.3) is 5.91 Å². The third-order valence-electron chi connectivity index (χ3n) is 4.19. The zero-order valence-corrected chi connectivity index (χ0v) is 16.1. The molecule has 4 rings (SSSR count). The van der Waals surface area contributed by atoms with E-state index in [-0.39, 0.29) is 18.4 Å². The highest BCUT2D eigenvalue weighted by molar-refractivity contribution is 7.99. The summed E-state index contributed by atoms with van der Waals surface area (Å²) in [5.41, 5.74) is 1.25. The van der Waals surface area contributed by atoms with E-state index in [4.69, 9.17) is 0 Å². The normalized spacial score (nSPS) is 12.9. The maximum absolute atomic E-state index is 13.1. The van der Waals surface area contributed by atoms with Gasteiger partial charge in [-0.2, -0.15) is 0 Å². The van der Waals surface area contributed by atoms with Gasteiger partial charge in [0, 0.05) is 22.5 Å². The Morgan fingerprint density at radius 1 is 1.11 bits per heavy atom. The number of pyridine rings is 1. The first-order chi connectivity index (χ1) is 13.2. The Hall–Kier alpha value is -2.64. The highest BCUT2D eigenvalue weighted by Crippen LogP contribution is 2.39. The van der Waals surface area contributed by atoms with Crippen molar-refractivity contribution in [3.63, 3.8) is 0 Å². The van der Waals surface area contributed by atoms with E-state index in [1.165, 1.54) is 21.5 Å². The molecule has 2 aromatic heterocycles. The van der Waals surface area contributed by atoms with E-state index in [1.807, 2.05) is 41.8 Å². The molecule has 3 aromatic rings. The lowest BCUT2D eigenvalue weighted by atomic mass is 10.2. The minimum atomic E-state index is -0.182. The van der Waals surface area contributed by atoms with Crippen LogP contribution in [0.2, 0.25) is 0 Å². The Kier molecular flexibility index (Phi) is 5.22. The smallest absolute Gasteiger partial charge is 0.259 e. The van der Waals surface area contributed by atoms with Crippen molar-refractivity contribution in [2.24, 2.45) is 0 Å². The Morgan fingerprint density at radius 3 is 2.85 bits per heavy atom. The number of amides is 2. The van der Waals surface area contributed by atoms with Crippen molar-refractivity contribution < 1.29 is 9.59 Å². The van der Waals surface area contributed by atoms with Gasteiger partial charge in [-0.05, 0) is 42.1 Å². The van der Waals surface area contributed by atoms with Gasteiger partial charge >= 0.3 is 0 Å². The van der Waals surface area contributed by atoms with E-state index in [0.29, 0.717) is 17.8 Å². The van der Waals surface area contributed by atoms with Gasteiger partial charge in [-0.3, -0.25) is 14.5 Å². The molecule has 1 aromatic carbocycles. The van der Waals surface area contributed by atoms with E-state index in [9.17, 15) is 9.59 Å². The summed E-state index contributed by atoms with van der Waals surface area (Å²) in [6.45, 7) is 0.517. The standard InChI is InChI=1S/C20H17N3O2S2/c24-18(21-11-9-14-5-4-12-26-14)13-23-16-7-3-10-22-19(16)27-17-8-2-1-6-15(17)20(23)25/h1-8,10,12H,9,11,13H2,(H,21,24). The Labute approximate surface area is 165 Å². The minimum Gasteiger partial charge on any atom is -0.354 e. The third-order valence-corrected chi connectivity index (χ3v) is 6.21. The van der Waals surface area contributed by atoms with Gasteiger partial charge in [0.2, 0.25) is 5.91 Å². The Bertz CT molecular complexity index is 973. The maximum atomic E-state index is 13.1. The molecule has 2 amide bonds. The summed E-state index contributed by atoms with van der Waals surface area (Å²) in [6.07, 6.45) is 2.48. The van der Waals surface area contributed by atoms with Gasteiger partial charge in [0.1, 0.15) is 11.6 Å². The van der Waals surface area contributed by atoms with Gasteiger partial charge in [-0.1, -0.05) is 30.0 Å². The molecule has 0 unspecified atom stereocenters. The highest BCUT2D eigenvalue weighted by Gasteiger charge is 2.29. The molecule has 27 heavy (non-hydrogen) atoms. The molecule has 3 heterocycles. The van der Waals surface area contributed by atoms with Gasteiger partial charge in [0.15, 0.2) is 0 Å². The lowest BCUT2D eigenvalue weighted by Crippen LogP contribution is -2.41. The average molecular weight is 396 g/mol. The van der Waals surface area contributed by atoms with Crippen LogP contribution in [0.4, 0.5) is 5.69 Å². The summed E-state index contributed by atoms with van der Waals surface area (Å²) in [7, 11) is 0. The quantitative estimate of drug-likeness (QED) is 0.717. The van der Waals surface area contributed by atoms with Crippen LogP contribution >= 0.6 is 23.1 Å². The van der Waals surface area contributed by atoms with Crippen molar-refractivity contribution in [1.29, 1.82) is 0 Å². The molecular weight excluding hydrogens is 378 g/mol. The molecule has 0 atom stereocenters. The molecule has 1 aliphatic rings. The monoisotopic (exact) mass is 395 g/mol. The van der Waals surface area contributed by atoms with E-state index < -0.39 is 0 Å². The fourth-order valence-corrected chi connectivity index (χ4v) is 4.62. The highest BCUT2D eigenvalue weighted by atomic mass is 32.2. The van der Waals surface area contributed by atoms with E-state index in [0.717, 1.165) is 16.3 Å². The summed E-state index contributed by atoms with van der Waals surface area (Å²) < 4.78 is 0. The molecule has 136 valence electrons. The second-order valence-electron chi connectivity index (χ2n) is 6.00. The first kappa shape index (κ1) is 17.8. The van der Waals surface area contributed by atoms with Gasteiger partial charge in [-0.25, -0.2) is 4.98 Å². The lowest BCUT2D eigenvalue weighted by Gasteiger charge is -2.21. The number of hydrogen-bond acceptors (Lipinski definition) is 5. The van der Waals surface area contributed by atoms with Crippen molar-refractivity contribution in [1.82, 2.24) is 10.3 Å². The van der Waals surface area contributed by atoms with Crippen LogP contribution in [-0.2, 0) is 11.2 Å². The largest absolute Gasteiger partial charge is 0.354 e. The Balaban J connectivity index is 1.53. The summed E-state index contributed by atoms with van der Waals surface area (Å²) in [4.78, 5) is 33.6. The number of benzene rings is 1. The van der Waals surface area contributed by atoms with Crippen LogP contribution in [0.15, 0.2) is 70.0 Å². The van der Waals surface area contributed by atoms with Crippen LogP contribution in [0.25, 0.3) is 0 Å². The second-order valence-corrected chi connectivity index (χ2v) is 8.06. The van der Waals surface area contributed by atoms with Crippen molar-refractivity contribution in [3.05, 3.63) is 70.5 Å². The summed E-state index contributed by atoms with van der Waals surface area (Å²) in [5.74, 6) is -0.364. The van der Waals surface area contributed by atoms with Crippen LogP contribution in [0.5, 0.6) is 0 Å². The molecule has 0 saturated heterocycles. The van der Waals surface area contributed by atoms with Gasteiger partial charge in [-0.15, -0.1) is 11.3 Å². The van der Waals surface area contributed by atoms with E-state index in [1.54, 1.807) is 29.7 Å². The summed E-state index contributed by atoms with van der Waals surface area (Å²) in [6, 6.07) is 15.1. The fourth-order valence-electron chi connectivity index (χ4n) is 2.89. The SMILES string of the molecule is O=C(CN1C(=O)c2ccccc2Sc2ncccc21)NCCc1cccs1. The number of rotatable bonds is 5. The predicted molar refractivity (Wildman–Crippen MR) is 108 cm³/mol. The molecule has 0 aliphatic carbocycles. The van der Waals surface area contributed by atoms with Gasteiger partial charge in [0.05, 0.1) is 11.3 Å². The van der Waals surface area contributed by atoms with E-state index >= 15 is 0 Å². The topological polar surface area (TPSA) is 62.3 Å². The van der Waals surface area contributed by atoms with Crippen molar-refractivity contribution >= 4 is 40.6 Å². The fraction of sp³-hybridized carbons (Fsp3) is 0.150. The molecule has 1 aliphatic heterocycles. The number of fused-ring (bicyclic) bond motifs is 2. The third kappa shape index (κ3) is 3.89. The molecule has 0 bridgehead atoms. The van der Waals surface area contributed by atoms with Crippen molar-refractivity contribution in [2.45, 2.75) is 16.3 Å². The first-order valence-corrected chi connectivity index (χ1v) is 10.2. The maximum Gasteiger partial charge on any atom is 0.259 e. The molecule has 0 spiro atoms. The van der Waals surface area contributed by atoms with Crippen molar-refractivity contribution in [3.8, 4) is 0 Å². The predicted octanol–water partition coefficient (Wildman–Crippen LogP) is 3.61. The number of thiophene rings is 1. The molecule has 0 fully saturated rings. The van der Waals surface area contributed by atoms with Gasteiger partial charge < -0.3 is 5.32 Å². The first-order valence-electron chi connectivity index (χ1n) is 8.55. The van der Waals surface area contributed by atoms with Crippen LogP contribution in [0.3, 0.4) is 0 Å². The minimum absolute atomic E-state index is 0.0309. The zero-order valence-electron chi connectivity index (χ0n) is 14.4. The molecule has 0 saturated carbocycles. The number of carbonyl (C=O) groups excluding carboxylic acids is 2. The molecule has 7 heteroatoms. The lowest BCUT2D eigenvalue weighted by molar-refractivity contribution is -0.119. The second kappa shape index (κ2) is 7.94. The summed E-state index contributed by atoms with van der Waals surface area (Å²) >= 11 is 3.12. The number of nitrogens with zero attached hydrogens (tertiary/aromatic N) is 2. The zero-order chi connectivity index (χ0) is 18.6. The number of anilines is 1. The molecule has 1 N–H and O–H groups in total. The van der Waals surface area contributed by atoms with Crippen LogP contribution < -0.4 is 10.2 Å². The number of nitrogens with one attached hydrogen (secondary N) is 1. The van der Waals surface area contributed by atoms with Crippen molar-refractivity contribution in [2.75, 3.05) is 18.0 Å². The number of hydrogen-bond donors (Lipinski definition) is 1. The molecule has 0 radical (unpaired) electrons. The van der Waals surface area contributed by atoms with Crippen LogP contribution in [0.1, 0.15) is 15.2 Å². The molecular formula is C20H17N3O2S2. The number of aromatic nitrogens is 1. The van der Waals surface area contributed by atoms with Crippen LogP contribution in [-0.4, -0.2) is 29.9 Å². The van der Waals surface area contributed by atoms with Crippen LogP contribution in [0, 0.1) is 0 Å².